The van der Waals surface area contributed by atoms with Crippen LogP contribution in [0.5, 0.6) is 0 Å². The van der Waals surface area contributed by atoms with E-state index in [0.29, 0.717) is 24.2 Å². The number of anilines is 1. The Morgan fingerprint density at radius 2 is 1.74 bits per heavy atom. The van der Waals surface area contributed by atoms with Crippen LogP contribution in [0.1, 0.15) is 27.1 Å². The Morgan fingerprint density at radius 1 is 1.11 bits per heavy atom. The molecule has 0 radical (unpaired) electrons. The summed E-state index contributed by atoms with van der Waals surface area (Å²) in [5, 5.41) is 21.3. The van der Waals surface area contributed by atoms with E-state index < -0.39 is 13.2 Å². The number of rotatable bonds is 4. The fraction of sp³-hybridized carbons (Fsp3) is 0.294. The van der Waals surface area contributed by atoms with Crippen molar-refractivity contribution in [2.75, 3.05) is 18.5 Å². The topological polar surface area (TPSA) is 125 Å². The molecule has 9 nitrogen and oxygen atoms in total. The molecular formula is C17H17BN4O5. The first-order valence-electron chi connectivity index (χ1n) is 8.55. The van der Waals surface area contributed by atoms with Crippen molar-refractivity contribution >= 4 is 30.3 Å². The number of hydrogen-bond acceptors (Lipinski definition) is 8. The molecule has 1 saturated heterocycles. The minimum absolute atomic E-state index is 0.164. The number of benzene rings is 1. The van der Waals surface area contributed by atoms with Gasteiger partial charge in [0.15, 0.2) is 0 Å². The van der Waals surface area contributed by atoms with E-state index in [1.54, 1.807) is 24.3 Å². The minimum Gasteiger partial charge on any atom is -0.423 e. The lowest BCUT2D eigenvalue weighted by Gasteiger charge is -2.36. The number of fused-ring (bicyclic) bond motifs is 1. The van der Waals surface area contributed by atoms with Crippen molar-refractivity contribution in [1.82, 2.24) is 14.9 Å². The Labute approximate surface area is 155 Å². The van der Waals surface area contributed by atoms with Gasteiger partial charge in [-0.1, -0.05) is 12.1 Å². The molecular weight excluding hydrogens is 351 g/mol. The maximum absolute atomic E-state index is 12.8. The summed E-state index contributed by atoms with van der Waals surface area (Å²) in [5.74, 6) is -0.376. The van der Waals surface area contributed by atoms with Crippen LogP contribution in [0.3, 0.4) is 0 Å². The second-order valence-corrected chi connectivity index (χ2v) is 6.42. The van der Waals surface area contributed by atoms with Gasteiger partial charge in [0.05, 0.1) is 29.8 Å². The summed E-state index contributed by atoms with van der Waals surface area (Å²) in [6.45, 7) is 0.721. The summed E-state index contributed by atoms with van der Waals surface area (Å²) in [6.07, 6.45) is 3.08. The third-order valence-corrected chi connectivity index (χ3v) is 4.76. The van der Waals surface area contributed by atoms with Gasteiger partial charge in [-0.2, -0.15) is 0 Å². The highest BCUT2D eigenvalue weighted by atomic mass is 16.5. The Balaban J connectivity index is 1.56. The summed E-state index contributed by atoms with van der Waals surface area (Å²) < 4.78 is 5.51. The molecule has 1 fully saturated rings. The lowest BCUT2D eigenvalue weighted by Crippen LogP contribution is -2.54. The van der Waals surface area contributed by atoms with E-state index >= 15 is 0 Å². The summed E-state index contributed by atoms with van der Waals surface area (Å²) in [5.41, 5.74) is 0.980. The highest BCUT2D eigenvalue weighted by molar-refractivity contribution is 6.58. The van der Waals surface area contributed by atoms with Crippen LogP contribution in [-0.4, -0.2) is 69.1 Å². The fourth-order valence-corrected chi connectivity index (χ4v) is 3.39. The van der Waals surface area contributed by atoms with E-state index in [2.05, 4.69) is 15.3 Å². The molecule has 2 atom stereocenters. The number of nitrogens with one attached hydrogen (secondary N) is 1. The van der Waals surface area contributed by atoms with Gasteiger partial charge >= 0.3 is 7.12 Å². The average Bonchev–Trinajstić information content (AvgIpc) is 2.94. The van der Waals surface area contributed by atoms with Crippen LogP contribution in [0.4, 0.5) is 5.95 Å². The summed E-state index contributed by atoms with van der Waals surface area (Å²) in [6, 6.07) is 5.98. The molecule has 3 heterocycles. The number of ether oxygens (including phenoxy) is 1. The first kappa shape index (κ1) is 17.6. The molecule has 0 bridgehead atoms. The van der Waals surface area contributed by atoms with Gasteiger partial charge in [0.1, 0.15) is 0 Å². The van der Waals surface area contributed by atoms with Crippen LogP contribution in [0.2, 0.25) is 0 Å². The van der Waals surface area contributed by atoms with E-state index in [1.807, 2.05) is 0 Å². The number of carbonyl (C=O) groups excluding carboxylic acids is 2. The van der Waals surface area contributed by atoms with Crippen LogP contribution in [0.15, 0.2) is 36.7 Å². The van der Waals surface area contributed by atoms with Crippen molar-refractivity contribution in [2.45, 2.75) is 18.5 Å². The smallest absolute Gasteiger partial charge is 0.423 e. The van der Waals surface area contributed by atoms with Gasteiger partial charge in [-0.15, -0.1) is 0 Å². The third-order valence-electron chi connectivity index (χ3n) is 4.76. The number of hydrogen-bond donors (Lipinski definition) is 3. The van der Waals surface area contributed by atoms with Gasteiger partial charge in [-0.25, -0.2) is 9.97 Å². The molecule has 1 aromatic heterocycles. The fourth-order valence-electron chi connectivity index (χ4n) is 3.39. The van der Waals surface area contributed by atoms with E-state index in [1.165, 1.54) is 17.3 Å². The lowest BCUT2D eigenvalue weighted by molar-refractivity contribution is 0.0233. The Hall–Kier alpha value is -2.82. The third kappa shape index (κ3) is 3.18. The van der Waals surface area contributed by atoms with Crippen LogP contribution >= 0.6 is 0 Å². The zero-order valence-corrected chi connectivity index (χ0v) is 14.3. The maximum atomic E-state index is 12.8. The Bertz CT molecular complexity index is 841. The molecule has 1 aromatic carbocycles. The van der Waals surface area contributed by atoms with Crippen LogP contribution < -0.4 is 10.8 Å². The number of aromatic nitrogens is 2. The molecule has 0 spiro atoms. The molecule has 10 heteroatoms. The van der Waals surface area contributed by atoms with E-state index in [9.17, 15) is 9.59 Å². The first-order chi connectivity index (χ1) is 13.1. The van der Waals surface area contributed by atoms with Gasteiger partial charge in [0.2, 0.25) is 5.95 Å². The minimum atomic E-state index is -1.65. The molecule has 0 saturated carbocycles. The van der Waals surface area contributed by atoms with Crippen molar-refractivity contribution in [1.29, 1.82) is 0 Å². The van der Waals surface area contributed by atoms with E-state index in [-0.39, 0.29) is 35.9 Å². The summed E-state index contributed by atoms with van der Waals surface area (Å²) in [7, 11) is -1.65. The first-order valence-corrected chi connectivity index (χ1v) is 8.55. The van der Waals surface area contributed by atoms with Crippen molar-refractivity contribution < 1.29 is 24.4 Å². The molecule has 2 amide bonds. The SMILES string of the molecule is O=C1c2ccccc2C(=O)N1C1CCOC[C@H]1Nc1ncc(B(O)O)cn1. The quantitative estimate of drug-likeness (QED) is 0.465. The molecule has 2 aromatic rings. The molecule has 2 aliphatic rings. The number of amides is 2. The van der Waals surface area contributed by atoms with E-state index in [0.717, 1.165) is 0 Å². The van der Waals surface area contributed by atoms with Gasteiger partial charge in [0.25, 0.3) is 11.8 Å². The molecule has 4 rings (SSSR count). The van der Waals surface area contributed by atoms with Crippen molar-refractivity contribution in [3.8, 4) is 0 Å². The molecule has 27 heavy (non-hydrogen) atoms. The lowest BCUT2D eigenvalue weighted by atomic mass is 9.83. The number of carbonyl (C=O) groups is 2. The molecule has 2 aliphatic heterocycles. The van der Waals surface area contributed by atoms with Crippen LogP contribution in [0, 0.1) is 0 Å². The number of imide groups is 1. The van der Waals surface area contributed by atoms with Crippen LogP contribution in [-0.2, 0) is 4.74 Å². The monoisotopic (exact) mass is 368 g/mol. The molecule has 3 N–H and O–H groups in total. The second kappa shape index (κ2) is 7.07. The van der Waals surface area contributed by atoms with Gasteiger partial charge < -0.3 is 20.1 Å². The molecule has 1 unspecified atom stereocenters. The summed E-state index contributed by atoms with van der Waals surface area (Å²) >= 11 is 0. The molecule has 0 aliphatic carbocycles. The van der Waals surface area contributed by atoms with Crippen molar-refractivity contribution in [3.63, 3.8) is 0 Å². The normalized spacial score (nSPS) is 21.9. The zero-order chi connectivity index (χ0) is 19.0. The van der Waals surface area contributed by atoms with Crippen molar-refractivity contribution in [2.24, 2.45) is 0 Å². The van der Waals surface area contributed by atoms with Crippen LogP contribution in [0.25, 0.3) is 0 Å². The van der Waals surface area contributed by atoms with Gasteiger partial charge in [-0.05, 0) is 18.6 Å². The van der Waals surface area contributed by atoms with E-state index in [4.69, 9.17) is 14.8 Å². The molecule has 138 valence electrons. The Morgan fingerprint density at radius 3 is 2.33 bits per heavy atom. The average molecular weight is 368 g/mol. The van der Waals surface area contributed by atoms with Gasteiger partial charge in [0, 0.05) is 24.5 Å². The largest absolute Gasteiger partial charge is 0.491 e. The highest BCUT2D eigenvalue weighted by Crippen LogP contribution is 2.28. The Kier molecular flexibility index (Phi) is 4.60. The predicted octanol–water partition coefficient (Wildman–Crippen LogP) is -0.978. The standard InChI is InChI=1S/C17H17BN4O5/c23-15-11-3-1-2-4-12(11)16(24)22(15)14-5-6-27-9-13(14)21-17-19-7-10(8-20-17)18(25)26/h1-4,7-8,13-14,25-26H,5-6,9H2,(H,19,20,21)/t13-,14?/m1/s1. The predicted molar refractivity (Wildman–Crippen MR) is 95.4 cm³/mol. The van der Waals surface area contributed by atoms with Gasteiger partial charge in [-0.3, -0.25) is 14.5 Å². The second-order valence-electron chi connectivity index (χ2n) is 6.42. The summed E-state index contributed by atoms with van der Waals surface area (Å²) in [4.78, 5) is 34.9. The zero-order valence-electron chi connectivity index (χ0n) is 14.3. The number of nitrogens with zero attached hydrogens (tertiary/aromatic N) is 3. The van der Waals surface area contributed by atoms with Crippen molar-refractivity contribution in [3.05, 3.63) is 47.8 Å². The highest BCUT2D eigenvalue weighted by Gasteiger charge is 2.43. The maximum Gasteiger partial charge on any atom is 0.491 e.